The molecule has 2 aliphatic heterocycles. The summed E-state index contributed by atoms with van der Waals surface area (Å²) in [5.74, 6) is -7.08. The molecule has 47 heavy (non-hydrogen) atoms. The van der Waals surface area contributed by atoms with E-state index in [1.165, 1.54) is 16.0 Å². The van der Waals surface area contributed by atoms with Crippen LogP contribution in [-0.4, -0.2) is 69.8 Å². The van der Waals surface area contributed by atoms with Crippen LogP contribution in [0.1, 0.15) is 37.9 Å². The van der Waals surface area contributed by atoms with Gasteiger partial charge in [-0.25, -0.2) is 26.4 Å². The lowest BCUT2D eigenvalue weighted by Crippen LogP contribution is -2.60. The van der Waals surface area contributed by atoms with E-state index in [9.17, 15) is 27.5 Å². The number of halogens is 4. The number of phenols is 1. The molecule has 2 aliphatic rings. The smallest absolute Gasteiger partial charge is 0.354 e. The second-order valence-electron chi connectivity index (χ2n) is 12.0. The molecule has 2 aromatic heterocycles. The summed E-state index contributed by atoms with van der Waals surface area (Å²) >= 11 is 6.72. The molecule has 2 unspecified atom stereocenters. The summed E-state index contributed by atoms with van der Waals surface area (Å²) in [5, 5.41) is 9.50. The number of benzene rings is 2. The molecule has 2 atom stereocenters. The van der Waals surface area contributed by atoms with Crippen LogP contribution >= 0.6 is 11.6 Å². The standard InChI is InChI=1S/C32H29ClF3N5O5S/c1-6-20(43)39-12-17-13-47(45,46)30-23-29(26(36)22(24(30)33)21-19(42)8-7-18(34)25(21)35)41(28-15(4)9-10-37-27(28)14(2)3)32(44)38-31(23)40(17)11-16(39)5/h6-10,14,16-17,42H,1,11-13H2,2-5H3. The molecular formula is C32H29ClF3N5O5S. The van der Waals surface area contributed by atoms with Crippen molar-refractivity contribution < 1.29 is 31.5 Å². The molecular weight excluding hydrogens is 659 g/mol. The number of nitrogens with zero attached hydrogens (tertiary/aromatic N) is 5. The lowest BCUT2D eigenvalue weighted by Gasteiger charge is -2.44. The molecule has 0 radical (unpaired) electrons. The summed E-state index contributed by atoms with van der Waals surface area (Å²) in [6, 6.07) is 1.50. The number of anilines is 1. The second-order valence-corrected chi connectivity index (χ2v) is 14.4. The average molecular weight is 688 g/mol. The van der Waals surface area contributed by atoms with E-state index in [1.807, 2.05) is 0 Å². The van der Waals surface area contributed by atoms with Crippen LogP contribution in [0.4, 0.5) is 19.0 Å². The third-order valence-electron chi connectivity index (χ3n) is 8.69. The van der Waals surface area contributed by atoms with Crippen LogP contribution < -0.4 is 10.6 Å². The highest BCUT2D eigenvalue weighted by Crippen LogP contribution is 2.49. The van der Waals surface area contributed by atoms with Gasteiger partial charge in [0.05, 0.1) is 49.6 Å². The quantitative estimate of drug-likeness (QED) is 0.234. The van der Waals surface area contributed by atoms with Gasteiger partial charge in [-0.2, -0.15) is 4.98 Å². The van der Waals surface area contributed by atoms with Gasteiger partial charge in [0.25, 0.3) is 0 Å². The minimum atomic E-state index is -4.56. The van der Waals surface area contributed by atoms with Gasteiger partial charge in [-0.15, -0.1) is 0 Å². The van der Waals surface area contributed by atoms with Crippen molar-refractivity contribution in [1.82, 2.24) is 19.4 Å². The average Bonchev–Trinajstić information content (AvgIpc) is 3.09. The first-order valence-electron chi connectivity index (χ1n) is 14.6. The van der Waals surface area contributed by atoms with E-state index >= 15 is 8.78 Å². The molecule has 4 aromatic rings. The van der Waals surface area contributed by atoms with Gasteiger partial charge in [-0.05, 0) is 49.6 Å². The number of aryl methyl sites for hydroxylation is 1. The van der Waals surface area contributed by atoms with Crippen LogP contribution in [0, 0.1) is 24.4 Å². The third kappa shape index (κ3) is 4.87. The number of aromatic nitrogens is 3. The highest BCUT2D eigenvalue weighted by Gasteiger charge is 2.44. The third-order valence-corrected chi connectivity index (χ3v) is 11.0. The van der Waals surface area contributed by atoms with Gasteiger partial charge in [-0.1, -0.05) is 32.0 Å². The van der Waals surface area contributed by atoms with Crippen LogP contribution in [0.2, 0.25) is 5.02 Å². The van der Waals surface area contributed by atoms with E-state index in [4.69, 9.17) is 11.6 Å². The Labute approximate surface area is 272 Å². The summed E-state index contributed by atoms with van der Waals surface area (Å²) in [5.41, 5.74) is -2.70. The van der Waals surface area contributed by atoms with Gasteiger partial charge in [-0.3, -0.25) is 14.3 Å². The van der Waals surface area contributed by atoms with Crippen LogP contribution in [0.5, 0.6) is 5.75 Å². The first-order chi connectivity index (χ1) is 22.1. The summed E-state index contributed by atoms with van der Waals surface area (Å²) in [7, 11) is -4.56. The van der Waals surface area contributed by atoms with E-state index < -0.39 is 89.0 Å². The van der Waals surface area contributed by atoms with Crippen molar-refractivity contribution in [3.63, 3.8) is 0 Å². The van der Waals surface area contributed by atoms with Crippen molar-refractivity contribution in [2.24, 2.45) is 0 Å². The van der Waals surface area contributed by atoms with Crippen molar-refractivity contribution in [1.29, 1.82) is 0 Å². The van der Waals surface area contributed by atoms with E-state index in [2.05, 4.69) is 16.5 Å². The molecule has 4 heterocycles. The van der Waals surface area contributed by atoms with Gasteiger partial charge in [0.1, 0.15) is 11.6 Å². The Balaban J connectivity index is 1.85. The minimum Gasteiger partial charge on any atom is -0.507 e. The number of hydrogen-bond acceptors (Lipinski definition) is 8. The Morgan fingerprint density at radius 3 is 2.51 bits per heavy atom. The summed E-state index contributed by atoms with van der Waals surface area (Å²) in [4.78, 5) is 37.9. The van der Waals surface area contributed by atoms with Crippen molar-refractivity contribution in [2.75, 3.05) is 23.7 Å². The van der Waals surface area contributed by atoms with Crippen LogP contribution in [0.15, 0.2) is 46.7 Å². The zero-order valence-corrected chi connectivity index (χ0v) is 27.3. The number of pyridine rings is 1. The zero-order chi connectivity index (χ0) is 34.3. The van der Waals surface area contributed by atoms with Gasteiger partial charge >= 0.3 is 5.69 Å². The molecule has 1 saturated heterocycles. The maximum atomic E-state index is 17.3. The van der Waals surface area contributed by atoms with E-state index in [0.717, 1.165) is 16.7 Å². The number of hydrogen-bond donors (Lipinski definition) is 1. The predicted molar refractivity (Wildman–Crippen MR) is 171 cm³/mol. The number of fused-ring (bicyclic) bond motifs is 2. The van der Waals surface area contributed by atoms with Crippen molar-refractivity contribution in [2.45, 2.75) is 50.6 Å². The van der Waals surface area contributed by atoms with Gasteiger partial charge in [0, 0.05) is 30.9 Å². The monoisotopic (exact) mass is 687 g/mol. The van der Waals surface area contributed by atoms with E-state index in [0.29, 0.717) is 17.3 Å². The summed E-state index contributed by atoms with van der Waals surface area (Å²) in [6.07, 6.45) is 2.60. The van der Waals surface area contributed by atoms with Crippen LogP contribution in [0.3, 0.4) is 0 Å². The fourth-order valence-corrected chi connectivity index (χ4v) is 9.01. The van der Waals surface area contributed by atoms with Gasteiger partial charge in [0.15, 0.2) is 27.3 Å². The normalized spacial score (nSPS) is 18.7. The highest BCUT2D eigenvalue weighted by atomic mass is 35.5. The Morgan fingerprint density at radius 2 is 1.85 bits per heavy atom. The molecule has 15 heteroatoms. The Kier molecular flexibility index (Phi) is 7.87. The second kappa shape index (κ2) is 11.4. The Hall–Kier alpha value is -4.43. The SMILES string of the molecule is C=CC(=O)N1CC2CS(=O)(=O)c3c(Cl)c(-c4c(O)ccc(F)c4F)c(F)c4c3c(nc(=O)n4-c3c(C)ccnc3C(C)C)N2CC1C. The first kappa shape index (κ1) is 32.5. The lowest BCUT2D eigenvalue weighted by molar-refractivity contribution is -0.128. The Bertz CT molecular complexity index is 2210. The molecule has 0 saturated carbocycles. The molecule has 1 fully saturated rings. The number of sulfone groups is 1. The lowest BCUT2D eigenvalue weighted by atomic mass is 9.99. The van der Waals surface area contributed by atoms with Crippen molar-refractivity contribution in [3.8, 4) is 22.6 Å². The van der Waals surface area contributed by atoms with Gasteiger partial charge < -0.3 is 14.9 Å². The van der Waals surface area contributed by atoms with Crippen LogP contribution in [-0.2, 0) is 14.6 Å². The predicted octanol–water partition coefficient (Wildman–Crippen LogP) is 5.03. The number of aromatic hydroxyl groups is 1. The van der Waals surface area contributed by atoms with E-state index in [-0.39, 0.29) is 35.9 Å². The zero-order valence-electron chi connectivity index (χ0n) is 25.7. The summed E-state index contributed by atoms with van der Waals surface area (Å²) < 4.78 is 77.0. The minimum absolute atomic E-state index is 0.00816. The molecule has 1 amide bonds. The number of phenolic OH excluding ortho intramolecular Hbond substituents is 1. The number of carbonyl (C=O) groups excluding carboxylic acids is 1. The summed E-state index contributed by atoms with van der Waals surface area (Å²) in [6.45, 7) is 10.4. The fourth-order valence-electron chi connectivity index (χ4n) is 6.56. The first-order valence-corrected chi connectivity index (χ1v) is 16.7. The molecule has 6 rings (SSSR count). The molecule has 246 valence electrons. The van der Waals surface area contributed by atoms with Crippen molar-refractivity contribution in [3.05, 3.63) is 81.3 Å². The number of carbonyl (C=O) groups is 1. The van der Waals surface area contributed by atoms with Crippen molar-refractivity contribution >= 4 is 44.1 Å². The molecule has 10 nitrogen and oxygen atoms in total. The van der Waals surface area contributed by atoms with Crippen LogP contribution in [0.25, 0.3) is 27.7 Å². The number of rotatable bonds is 4. The molecule has 0 spiro atoms. The molecule has 0 aliphatic carbocycles. The largest absolute Gasteiger partial charge is 0.507 e. The fraction of sp³-hybridized carbons (Fsp3) is 0.312. The number of piperazine rings is 1. The topological polar surface area (TPSA) is 126 Å². The number of amides is 1. The maximum Gasteiger partial charge on any atom is 0.354 e. The molecule has 1 N–H and O–H groups in total. The Morgan fingerprint density at radius 1 is 1.15 bits per heavy atom. The highest BCUT2D eigenvalue weighted by molar-refractivity contribution is 7.91. The van der Waals surface area contributed by atoms with E-state index in [1.54, 1.807) is 33.8 Å². The molecule has 0 bridgehead atoms. The molecule has 2 aromatic carbocycles. The maximum absolute atomic E-state index is 17.3. The van der Waals surface area contributed by atoms with Gasteiger partial charge in [0.2, 0.25) is 5.91 Å².